The summed E-state index contributed by atoms with van der Waals surface area (Å²) in [7, 11) is 0. The van der Waals surface area contributed by atoms with Crippen molar-refractivity contribution < 1.29 is 23.8 Å². The predicted molar refractivity (Wildman–Crippen MR) is 142 cm³/mol. The quantitative estimate of drug-likeness (QED) is 0.195. The summed E-state index contributed by atoms with van der Waals surface area (Å²) in [5.41, 5.74) is 2.78. The SMILES string of the molecule is CC(C)(C)CC(C)(C)c1ccc(OCC(=O)NN=Cc2ccc(-c3ccccc3[N+](=O)[O-])o2)c([N+](=O)[O-])c1. The van der Waals surface area contributed by atoms with Gasteiger partial charge in [-0.1, -0.05) is 52.8 Å². The number of para-hydroxylation sites is 1. The van der Waals surface area contributed by atoms with Gasteiger partial charge < -0.3 is 9.15 Å². The highest BCUT2D eigenvalue weighted by atomic mass is 16.6. The van der Waals surface area contributed by atoms with Crippen molar-refractivity contribution >= 4 is 23.5 Å². The minimum Gasteiger partial charge on any atom is -0.477 e. The molecule has 3 rings (SSSR count). The lowest BCUT2D eigenvalue weighted by molar-refractivity contribution is -0.385. The third-order valence-electron chi connectivity index (χ3n) is 5.64. The highest BCUT2D eigenvalue weighted by Gasteiger charge is 2.30. The first-order valence-electron chi connectivity index (χ1n) is 11.8. The number of hydrazone groups is 1. The van der Waals surface area contributed by atoms with Gasteiger partial charge in [-0.15, -0.1) is 0 Å². The van der Waals surface area contributed by atoms with Crippen molar-refractivity contribution in [1.29, 1.82) is 0 Å². The number of rotatable bonds is 10. The van der Waals surface area contributed by atoms with Crippen LogP contribution in [0.3, 0.4) is 0 Å². The Bertz CT molecular complexity index is 1370. The van der Waals surface area contributed by atoms with Gasteiger partial charge in [0.25, 0.3) is 11.6 Å². The number of nitro benzene ring substituents is 2. The Labute approximate surface area is 219 Å². The monoisotopic (exact) mass is 522 g/mol. The van der Waals surface area contributed by atoms with Crippen molar-refractivity contribution in [2.24, 2.45) is 10.5 Å². The summed E-state index contributed by atoms with van der Waals surface area (Å²) in [6.45, 7) is 9.91. The number of amides is 1. The second kappa shape index (κ2) is 11.2. The zero-order valence-electron chi connectivity index (χ0n) is 21.9. The molecule has 0 aliphatic rings. The number of carbonyl (C=O) groups is 1. The molecule has 0 aliphatic carbocycles. The Kier molecular flexibility index (Phi) is 8.29. The van der Waals surface area contributed by atoms with Gasteiger partial charge in [0.2, 0.25) is 0 Å². The summed E-state index contributed by atoms with van der Waals surface area (Å²) in [5, 5.41) is 26.7. The van der Waals surface area contributed by atoms with Crippen LogP contribution in [0.25, 0.3) is 11.3 Å². The number of furan rings is 1. The van der Waals surface area contributed by atoms with Gasteiger partial charge >= 0.3 is 5.69 Å². The third kappa shape index (κ3) is 7.25. The van der Waals surface area contributed by atoms with Gasteiger partial charge in [-0.3, -0.25) is 25.0 Å². The molecule has 200 valence electrons. The molecule has 0 fully saturated rings. The van der Waals surface area contributed by atoms with Gasteiger partial charge in [0.15, 0.2) is 12.4 Å². The van der Waals surface area contributed by atoms with Crippen molar-refractivity contribution in [3.05, 3.63) is 86.1 Å². The maximum atomic E-state index is 12.2. The summed E-state index contributed by atoms with van der Waals surface area (Å²) in [5.74, 6) is -0.138. The smallest absolute Gasteiger partial charge is 0.311 e. The Balaban J connectivity index is 1.63. The molecule has 1 N–H and O–H groups in total. The van der Waals surface area contributed by atoms with E-state index in [-0.39, 0.29) is 39.5 Å². The number of nitro groups is 2. The number of benzene rings is 2. The molecule has 0 unspecified atom stereocenters. The molecule has 38 heavy (non-hydrogen) atoms. The minimum absolute atomic E-state index is 0.0235. The molecule has 0 spiro atoms. The number of nitrogens with one attached hydrogen (secondary N) is 1. The molecule has 1 amide bonds. The lowest BCUT2D eigenvalue weighted by atomic mass is 9.72. The molecule has 0 atom stereocenters. The Morgan fingerprint density at radius 1 is 1.00 bits per heavy atom. The molecule has 2 aromatic carbocycles. The average molecular weight is 523 g/mol. The summed E-state index contributed by atoms with van der Waals surface area (Å²) >= 11 is 0. The maximum Gasteiger partial charge on any atom is 0.311 e. The Hall–Kier alpha value is -4.54. The summed E-state index contributed by atoms with van der Waals surface area (Å²) in [6.07, 6.45) is 2.04. The van der Waals surface area contributed by atoms with Crippen LogP contribution in [0.1, 0.15) is 52.4 Å². The predicted octanol–water partition coefficient (Wildman–Crippen LogP) is 6.01. The number of carbonyl (C=O) groups excluding carboxylic acids is 1. The van der Waals surface area contributed by atoms with Crippen molar-refractivity contribution in [2.45, 2.75) is 46.5 Å². The fourth-order valence-electron chi connectivity index (χ4n) is 4.38. The third-order valence-corrected chi connectivity index (χ3v) is 5.64. The first kappa shape index (κ1) is 28.0. The van der Waals surface area contributed by atoms with Crippen molar-refractivity contribution in [3.63, 3.8) is 0 Å². The van der Waals surface area contributed by atoms with Crippen LogP contribution in [0.5, 0.6) is 5.75 Å². The standard InChI is InChI=1S/C27H30N4O7/c1-26(2,3)17-27(4,5)18-10-12-24(22(14-18)31(35)36)37-16-25(32)29-28-15-19-11-13-23(38-19)20-8-6-7-9-21(20)30(33)34/h6-15H,16-17H2,1-5H3,(H,29,32). The van der Waals surface area contributed by atoms with Crippen molar-refractivity contribution in [2.75, 3.05) is 6.61 Å². The van der Waals surface area contributed by atoms with Crippen molar-refractivity contribution in [1.82, 2.24) is 5.43 Å². The van der Waals surface area contributed by atoms with E-state index in [1.807, 2.05) is 13.8 Å². The minimum atomic E-state index is -0.641. The first-order chi connectivity index (χ1) is 17.8. The molecular formula is C27H30N4O7. The van der Waals surface area contributed by atoms with Crippen LogP contribution in [0.15, 0.2) is 64.1 Å². The van der Waals surface area contributed by atoms with Gasteiger partial charge in [-0.05, 0) is 47.1 Å². The van der Waals surface area contributed by atoms with Crippen molar-refractivity contribution in [3.8, 4) is 17.1 Å². The molecule has 11 heteroatoms. The summed E-state index contributed by atoms with van der Waals surface area (Å²) < 4.78 is 11.0. The van der Waals surface area contributed by atoms with Crippen LogP contribution >= 0.6 is 0 Å². The van der Waals surface area contributed by atoms with Gasteiger partial charge in [0.1, 0.15) is 11.5 Å². The summed E-state index contributed by atoms with van der Waals surface area (Å²) in [4.78, 5) is 34.1. The van der Waals surface area contributed by atoms with E-state index in [0.29, 0.717) is 5.56 Å². The van der Waals surface area contributed by atoms with Gasteiger partial charge in [-0.2, -0.15) is 5.10 Å². The van der Waals surface area contributed by atoms with E-state index in [2.05, 4.69) is 31.3 Å². The van der Waals surface area contributed by atoms with Crippen LogP contribution in [-0.2, 0) is 10.2 Å². The lowest BCUT2D eigenvalue weighted by Crippen LogP contribution is -2.26. The van der Waals surface area contributed by atoms with Crippen LogP contribution in [0, 0.1) is 25.6 Å². The maximum absolute atomic E-state index is 12.2. The van der Waals surface area contributed by atoms with E-state index < -0.39 is 22.4 Å². The number of nitrogens with zero attached hydrogens (tertiary/aromatic N) is 3. The number of hydrogen-bond acceptors (Lipinski definition) is 8. The fraction of sp³-hybridized carbons (Fsp3) is 0.333. The molecule has 11 nitrogen and oxygen atoms in total. The second-order valence-electron chi connectivity index (χ2n) is 10.6. The first-order valence-corrected chi connectivity index (χ1v) is 11.8. The van der Waals surface area contributed by atoms with E-state index in [4.69, 9.17) is 9.15 Å². The van der Waals surface area contributed by atoms with Crippen LogP contribution < -0.4 is 10.2 Å². The lowest BCUT2D eigenvalue weighted by Gasteiger charge is -2.33. The Morgan fingerprint density at radius 2 is 1.68 bits per heavy atom. The average Bonchev–Trinajstić information content (AvgIpc) is 3.29. The molecule has 0 radical (unpaired) electrons. The van der Waals surface area contributed by atoms with E-state index in [9.17, 15) is 25.0 Å². The molecule has 3 aromatic rings. The van der Waals surface area contributed by atoms with E-state index >= 15 is 0 Å². The molecule has 1 heterocycles. The van der Waals surface area contributed by atoms with Gasteiger partial charge in [0, 0.05) is 12.1 Å². The summed E-state index contributed by atoms with van der Waals surface area (Å²) in [6, 6.07) is 14.0. The van der Waals surface area contributed by atoms with Crippen LogP contribution in [-0.4, -0.2) is 28.6 Å². The Morgan fingerprint density at radius 3 is 2.34 bits per heavy atom. The van der Waals surface area contributed by atoms with Crippen LogP contribution in [0.4, 0.5) is 11.4 Å². The zero-order chi connectivity index (χ0) is 28.1. The van der Waals surface area contributed by atoms with Crippen LogP contribution in [0.2, 0.25) is 0 Å². The molecule has 0 saturated carbocycles. The highest BCUT2D eigenvalue weighted by Crippen LogP contribution is 2.39. The molecule has 1 aromatic heterocycles. The molecule has 0 aliphatic heterocycles. The number of ether oxygens (including phenoxy) is 1. The van der Waals surface area contributed by atoms with Gasteiger partial charge in [-0.25, -0.2) is 5.43 Å². The van der Waals surface area contributed by atoms with E-state index in [1.165, 1.54) is 24.4 Å². The van der Waals surface area contributed by atoms with E-state index in [1.54, 1.807) is 36.4 Å². The number of hydrogen-bond donors (Lipinski definition) is 1. The second-order valence-corrected chi connectivity index (χ2v) is 10.6. The van der Waals surface area contributed by atoms with Gasteiger partial charge in [0.05, 0.1) is 21.6 Å². The molecular weight excluding hydrogens is 492 g/mol. The van der Waals surface area contributed by atoms with E-state index in [0.717, 1.165) is 12.0 Å². The fourth-order valence-corrected chi connectivity index (χ4v) is 4.38. The molecule has 0 saturated heterocycles. The topological polar surface area (TPSA) is 150 Å². The zero-order valence-corrected chi connectivity index (χ0v) is 21.9. The highest BCUT2D eigenvalue weighted by molar-refractivity contribution is 5.82. The molecule has 0 bridgehead atoms. The normalized spacial score (nSPS) is 11.9. The largest absolute Gasteiger partial charge is 0.477 e.